The van der Waals surface area contributed by atoms with Gasteiger partial charge in [-0.3, -0.25) is 4.79 Å². The number of carbonyl (C=O) groups excluding carboxylic acids is 1. The fourth-order valence-corrected chi connectivity index (χ4v) is 1.44. The number of carbonyl (C=O) groups is 1. The molecule has 1 amide bonds. The van der Waals surface area contributed by atoms with Gasteiger partial charge in [0.1, 0.15) is 17.2 Å². The van der Waals surface area contributed by atoms with Crippen molar-refractivity contribution in [3.63, 3.8) is 0 Å². The van der Waals surface area contributed by atoms with Gasteiger partial charge >= 0.3 is 0 Å². The number of aromatic nitrogens is 1. The lowest BCUT2D eigenvalue weighted by Gasteiger charge is -2.08. The summed E-state index contributed by atoms with van der Waals surface area (Å²) in [5.74, 6) is -7.72. The van der Waals surface area contributed by atoms with Crippen LogP contribution in [-0.4, -0.2) is 10.9 Å². The van der Waals surface area contributed by atoms with E-state index in [4.69, 9.17) is 5.73 Å². The Kier molecular flexibility index (Phi) is 3.55. The second kappa shape index (κ2) is 5.16. The van der Waals surface area contributed by atoms with E-state index in [2.05, 4.69) is 4.98 Å². The van der Waals surface area contributed by atoms with Gasteiger partial charge in [0, 0.05) is 6.07 Å². The molecule has 8 heteroatoms. The molecule has 0 aliphatic carbocycles. The number of rotatable bonds is 2. The molecule has 0 unspecified atom stereocenters. The first kappa shape index (κ1) is 13.8. The fourth-order valence-electron chi connectivity index (χ4n) is 1.44. The zero-order valence-corrected chi connectivity index (χ0v) is 9.75. The van der Waals surface area contributed by atoms with Crippen molar-refractivity contribution in [3.8, 4) is 0 Å². The van der Waals surface area contributed by atoms with Crippen LogP contribution < -0.4 is 11.1 Å². The molecular formula is C12H7F4N3O. The van der Waals surface area contributed by atoms with Crippen LogP contribution >= 0.6 is 0 Å². The molecule has 0 saturated heterocycles. The molecule has 0 aliphatic heterocycles. The van der Waals surface area contributed by atoms with Crippen LogP contribution in [0.1, 0.15) is 10.5 Å². The summed E-state index contributed by atoms with van der Waals surface area (Å²) in [6, 6.07) is 4.03. The minimum Gasteiger partial charge on any atom is -0.384 e. The Bertz CT molecular complexity index is 664. The summed E-state index contributed by atoms with van der Waals surface area (Å²) in [5, 5.41) is 1.72. The van der Waals surface area contributed by atoms with Gasteiger partial charge in [-0.15, -0.1) is 0 Å². The number of nitrogen functional groups attached to an aromatic ring is 1. The van der Waals surface area contributed by atoms with E-state index >= 15 is 0 Å². The van der Waals surface area contributed by atoms with Crippen molar-refractivity contribution in [1.82, 2.24) is 4.98 Å². The van der Waals surface area contributed by atoms with Crippen LogP contribution in [0.4, 0.5) is 29.1 Å². The Hall–Kier alpha value is -2.64. The van der Waals surface area contributed by atoms with Crippen LogP contribution in [0.2, 0.25) is 0 Å². The number of amides is 1. The Labute approximate surface area is 110 Å². The molecule has 1 heterocycles. The largest absolute Gasteiger partial charge is 0.384 e. The van der Waals surface area contributed by atoms with E-state index in [0.29, 0.717) is 0 Å². The summed E-state index contributed by atoms with van der Waals surface area (Å²) in [6.07, 6.45) is 0. The maximum absolute atomic E-state index is 13.4. The van der Waals surface area contributed by atoms with Crippen LogP contribution in [-0.2, 0) is 0 Å². The van der Waals surface area contributed by atoms with Gasteiger partial charge in [-0.1, -0.05) is 6.07 Å². The summed E-state index contributed by atoms with van der Waals surface area (Å²) >= 11 is 0. The van der Waals surface area contributed by atoms with Gasteiger partial charge in [-0.2, -0.15) is 0 Å². The SMILES string of the molecule is Nc1cccc(C(=O)Nc2c(F)c(F)cc(F)c2F)n1. The number of nitrogens with two attached hydrogens (primary N) is 1. The second-order valence-electron chi connectivity index (χ2n) is 3.74. The van der Waals surface area contributed by atoms with Crippen LogP contribution in [0.5, 0.6) is 0 Å². The third kappa shape index (κ3) is 2.53. The van der Waals surface area contributed by atoms with Crippen molar-refractivity contribution < 1.29 is 22.4 Å². The normalized spacial score (nSPS) is 10.4. The molecule has 1 aromatic heterocycles. The van der Waals surface area contributed by atoms with E-state index in [1.807, 2.05) is 0 Å². The number of nitrogens with one attached hydrogen (secondary N) is 1. The third-order valence-corrected chi connectivity index (χ3v) is 2.35. The Balaban J connectivity index is 2.38. The highest BCUT2D eigenvalue weighted by Gasteiger charge is 2.21. The average Bonchev–Trinajstić information content (AvgIpc) is 2.41. The summed E-state index contributed by atoms with van der Waals surface area (Å²) in [7, 11) is 0. The van der Waals surface area contributed by atoms with Crippen molar-refractivity contribution in [2.75, 3.05) is 11.1 Å². The maximum Gasteiger partial charge on any atom is 0.274 e. The minimum atomic E-state index is -1.71. The standard InChI is InChI=1S/C12H7F4N3O/c13-5-4-6(14)10(16)11(9(5)15)19-12(20)7-2-1-3-8(17)18-7/h1-4H,(H2,17,18)(H,19,20). The van der Waals surface area contributed by atoms with Crippen LogP contribution in [0.25, 0.3) is 0 Å². The molecule has 1 aromatic carbocycles. The number of hydrogen-bond acceptors (Lipinski definition) is 3. The second-order valence-corrected chi connectivity index (χ2v) is 3.74. The number of benzene rings is 1. The van der Waals surface area contributed by atoms with Gasteiger partial charge < -0.3 is 11.1 Å². The molecule has 0 radical (unpaired) electrons. The van der Waals surface area contributed by atoms with E-state index < -0.39 is 34.9 Å². The molecule has 0 fully saturated rings. The predicted octanol–water partition coefficient (Wildman–Crippen LogP) is 2.47. The van der Waals surface area contributed by atoms with Gasteiger partial charge in [-0.25, -0.2) is 22.5 Å². The van der Waals surface area contributed by atoms with E-state index in [1.165, 1.54) is 18.2 Å². The first-order valence-corrected chi connectivity index (χ1v) is 5.27. The number of anilines is 2. The third-order valence-electron chi connectivity index (χ3n) is 2.35. The fraction of sp³-hybridized carbons (Fsp3) is 0. The molecule has 3 N–H and O–H groups in total. The van der Waals surface area contributed by atoms with E-state index in [0.717, 1.165) is 0 Å². The van der Waals surface area contributed by atoms with Gasteiger partial charge in [0.05, 0.1) is 0 Å². The predicted molar refractivity (Wildman–Crippen MR) is 62.9 cm³/mol. The molecule has 0 atom stereocenters. The molecule has 4 nitrogen and oxygen atoms in total. The lowest BCUT2D eigenvalue weighted by molar-refractivity contribution is 0.102. The molecule has 0 bridgehead atoms. The monoisotopic (exact) mass is 285 g/mol. The van der Waals surface area contributed by atoms with Crippen molar-refractivity contribution in [2.45, 2.75) is 0 Å². The quantitative estimate of drug-likeness (QED) is 0.658. The first-order valence-electron chi connectivity index (χ1n) is 5.27. The van der Waals surface area contributed by atoms with Crippen LogP contribution in [0, 0.1) is 23.3 Å². The molecule has 2 rings (SSSR count). The zero-order valence-electron chi connectivity index (χ0n) is 9.75. The Morgan fingerprint density at radius 2 is 1.70 bits per heavy atom. The van der Waals surface area contributed by atoms with Gasteiger partial charge in [0.2, 0.25) is 0 Å². The Morgan fingerprint density at radius 3 is 2.25 bits per heavy atom. The maximum atomic E-state index is 13.4. The molecule has 0 aliphatic rings. The van der Waals surface area contributed by atoms with Crippen LogP contribution in [0.3, 0.4) is 0 Å². The zero-order chi connectivity index (χ0) is 14.9. The molecule has 0 spiro atoms. The smallest absolute Gasteiger partial charge is 0.274 e. The summed E-state index contributed by atoms with van der Waals surface area (Å²) in [6.45, 7) is 0. The topological polar surface area (TPSA) is 68.0 Å². The lowest BCUT2D eigenvalue weighted by atomic mass is 10.2. The molecule has 20 heavy (non-hydrogen) atoms. The highest BCUT2D eigenvalue weighted by Crippen LogP contribution is 2.24. The van der Waals surface area contributed by atoms with Crippen molar-refractivity contribution in [1.29, 1.82) is 0 Å². The van der Waals surface area contributed by atoms with Crippen molar-refractivity contribution in [3.05, 3.63) is 53.2 Å². The summed E-state index contributed by atoms with van der Waals surface area (Å²) in [4.78, 5) is 15.3. The van der Waals surface area contributed by atoms with E-state index in [9.17, 15) is 22.4 Å². The highest BCUT2D eigenvalue weighted by molar-refractivity contribution is 6.03. The molecule has 0 saturated carbocycles. The lowest BCUT2D eigenvalue weighted by Crippen LogP contribution is -2.17. The van der Waals surface area contributed by atoms with Gasteiger partial charge in [0.25, 0.3) is 5.91 Å². The van der Waals surface area contributed by atoms with Crippen molar-refractivity contribution in [2.24, 2.45) is 0 Å². The summed E-state index contributed by atoms with van der Waals surface area (Å²) in [5.41, 5.74) is 3.86. The molecule has 104 valence electrons. The Morgan fingerprint density at radius 1 is 1.10 bits per heavy atom. The highest BCUT2D eigenvalue weighted by atomic mass is 19.2. The average molecular weight is 285 g/mol. The molecule has 2 aromatic rings. The summed E-state index contributed by atoms with van der Waals surface area (Å²) < 4.78 is 52.6. The van der Waals surface area contributed by atoms with Crippen LogP contribution in [0.15, 0.2) is 24.3 Å². The van der Waals surface area contributed by atoms with Gasteiger partial charge in [-0.05, 0) is 12.1 Å². The molecular weight excluding hydrogens is 278 g/mol. The number of pyridine rings is 1. The van der Waals surface area contributed by atoms with Crippen molar-refractivity contribution >= 4 is 17.4 Å². The van der Waals surface area contributed by atoms with Gasteiger partial charge in [0.15, 0.2) is 23.3 Å². The van der Waals surface area contributed by atoms with E-state index in [1.54, 1.807) is 5.32 Å². The van der Waals surface area contributed by atoms with E-state index in [-0.39, 0.29) is 17.6 Å². The number of nitrogens with zero attached hydrogens (tertiary/aromatic N) is 1. The number of hydrogen-bond donors (Lipinski definition) is 2. The first-order chi connectivity index (χ1) is 9.40. The minimum absolute atomic E-state index is 0.00372. The number of halogens is 4.